The smallest absolute Gasteiger partial charge is 0.278 e. The molecule has 1 amide bonds. The predicted molar refractivity (Wildman–Crippen MR) is 72.1 cm³/mol. The average Bonchev–Trinajstić information content (AvgIpc) is 2.30. The summed E-state index contributed by atoms with van der Waals surface area (Å²) in [6.07, 6.45) is 2.07. The summed E-state index contributed by atoms with van der Waals surface area (Å²) in [6.45, 7) is 1.64. The molecule has 1 fully saturated rings. The van der Waals surface area contributed by atoms with Gasteiger partial charge in [0.05, 0.1) is 0 Å². The van der Waals surface area contributed by atoms with Gasteiger partial charge in [-0.3, -0.25) is 4.79 Å². The summed E-state index contributed by atoms with van der Waals surface area (Å²) in [5, 5.41) is -0.103. The topological polar surface area (TPSA) is 20.3 Å². The Bertz CT molecular complexity index is 371. The molecular weight excluding hydrogens is 286 g/mol. The van der Waals surface area contributed by atoms with Gasteiger partial charge in [-0.1, -0.05) is 40.7 Å². The van der Waals surface area contributed by atoms with E-state index in [1.807, 2.05) is 0 Å². The molecule has 86 valence electrons. The normalized spacial score (nSPS) is 17.5. The molecule has 16 heavy (non-hydrogen) atoms. The molecule has 1 aromatic rings. The van der Waals surface area contributed by atoms with E-state index in [-0.39, 0.29) is 5.24 Å². The number of hydrogen-bond acceptors (Lipinski definition) is 1. The van der Waals surface area contributed by atoms with E-state index in [2.05, 4.69) is 52.8 Å². The Kier molecular flexibility index (Phi) is 3.92. The Balaban J connectivity index is 1.99. The van der Waals surface area contributed by atoms with Gasteiger partial charge in [0.25, 0.3) is 5.24 Å². The summed E-state index contributed by atoms with van der Waals surface area (Å²) in [6, 6.07) is 8.47. The van der Waals surface area contributed by atoms with Crippen molar-refractivity contribution in [1.29, 1.82) is 0 Å². The van der Waals surface area contributed by atoms with Gasteiger partial charge in [-0.25, -0.2) is 0 Å². The first-order valence-electron chi connectivity index (χ1n) is 5.40. The summed E-state index contributed by atoms with van der Waals surface area (Å²) in [7, 11) is 0. The fourth-order valence-corrected chi connectivity index (χ4v) is 2.60. The second kappa shape index (κ2) is 5.23. The van der Waals surface area contributed by atoms with Gasteiger partial charge in [0, 0.05) is 17.6 Å². The Hall–Kier alpha value is -0.480. The molecule has 1 aromatic carbocycles. The van der Waals surface area contributed by atoms with Gasteiger partial charge in [0.15, 0.2) is 0 Å². The molecule has 0 atom stereocenters. The monoisotopic (exact) mass is 299 g/mol. The number of carbonyl (C=O) groups excluding carboxylic acids is 1. The average molecular weight is 300 g/mol. The lowest BCUT2D eigenvalue weighted by Crippen LogP contribution is -2.34. The number of benzene rings is 1. The van der Waals surface area contributed by atoms with Crippen molar-refractivity contribution in [2.45, 2.75) is 18.8 Å². The van der Waals surface area contributed by atoms with Crippen molar-refractivity contribution in [3.05, 3.63) is 34.3 Å². The maximum Gasteiger partial charge on any atom is 0.278 e. The number of piperidine rings is 1. The Morgan fingerprint density at radius 1 is 1.25 bits per heavy atom. The van der Waals surface area contributed by atoms with Crippen LogP contribution in [0.4, 0.5) is 4.79 Å². The van der Waals surface area contributed by atoms with Crippen LogP contribution in [0.1, 0.15) is 24.3 Å². The zero-order chi connectivity index (χ0) is 11.5. The molecule has 0 N–H and O–H groups in total. The number of halogens is 1. The standard InChI is InChI=1S/C12H14BrNOS/c13-11-3-1-9(2-4-11)10-5-7-14(8-6-10)12(15)16/h1-4,10H,5-8H2,(H,15,16). The van der Waals surface area contributed by atoms with Crippen molar-refractivity contribution in [1.82, 2.24) is 4.90 Å². The highest BCUT2D eigenvalue weighted by molar-refractivity contribution is 9.10. The summed E-state index contributed by atoms with van der Waals surface area (Å²) in [5.41, 5.74) is 1.37. The summed E-state index contributed by atoms with van der Waals surface area (Å²) >= 11 is 7.29. The second-order valence-corrected chi connectivity index (χ2v) is 5.39. The third-order valence-corrected chi connectivity index (χ3v) is 3.92. The zero-order valence-electron chi connectivity index (χ0n) is 8.90. The molecule has 1 aliphatic rings. The van der Waals surface area contributed by atoms with Gasteiger partial charge in [-0.05, 0) is 36.5 Å². The molecule has 0 aliphatic carbocycles. The van der Waals surface area contributed by atoms with Crippen molar-refractivity contribution in [2.75, 3.05) is 13.1 Å². The maximum atomic E-state index is 11.1. The van der Waals surface area contributed by atoms with Crippen molar-refractivity contribution in [3.8, 4) is 0 Å². The number of hydrogen-bond donors (Lipinski definition) is 1. The van der Waals surface area contributed by atoms with Crippen molar-refractivity contribution in [2.24, 2.45) is 0 Å². The quantitative estimate of drug-likeness (QED) is 0.785. The molecule has 0 unspecified atom stereocenters. The lowest BCUT2D eigenvalue weighted by Gasteiger charge is -2.31. The summed E-state index contributed by atoms with van der Waals surface area (Å²) in [5.74, 6) is 0.581. The Morgan fingerprint density at radius 2 is 1.81 bits per heavy atom. The van der Waals surface area contributed by atoms with E-state index in [9.17, 15) is 4.79 Å². The van der Waals surface area contributed by atoms with Gasteiger partial charge in [-0.15, -0.1) is 0 Å². The van der Waals surface area contributed by atoms with Crippen LogP contribution < -0.4 is 0 Å². The minimum atomic E-state index is -0.103. The summed E-state index contributed by atoms with van der Waals surface area (Å²) in [4.78, 5) is 12.9. The molecule has 1 heterocycles. The predicted octanol–water partition coefficient (Wildman–Crippen LogP) is 3.68. The van der Waals surface area contributed by atoms with Crippen LogP contribution in [-0.4, -0.2) is 23.2 Å². The van der Waals surface area contributed by atoms with Crippen molar-refractivity contribution >= 4 is 33.8 Å². The van der Waals surface area contributed by atoms with Crippen LogP contribution in [0.5, 0.6) is 0 Å². The highest BCUT2D eigenvalue weighted by Gasteiger charge is 2.21. The lowest BCUT2D eigenvalue weighted by atomic mass is 9.90. The molecular formula is C12H14BrNOS. The van der Waals surface area contributed by atoms with Crippen LogP contribution in [0.25, 0.3) is 0 Å². The number of carbonyl (C=O) groups is 1. The van der Waals surface area contributed by atoms with Gasteiger partial charge in [-0.2, -0.15) is 0 Å². The van der Waals surface area contributed by atoms with E-state index >= 15 is 0 Å². The lowest BCUT2D eigenvalue weighted by molar-refractivity contribution is 0.206. The van der Waals surface area contributed by atoms with Crippen molar-refractivity contribution in [3.63, 3.8) is 0 Å². The molecule has 1 aliphatic heterocycles. The molecule has 0 spiro atoms. The highest BCUT2D eigenvalue weighted by Crippen LogP contribution is 2.29. The first-order valence-corrected chi connectivity index (χ1v) is 6.64. The van der Waals surface area contributed by atoms with Gasteiger partial charge in [0.1, 0.15) is 0 Å². The Labute approximate surface area is 110 Å². The SMILES string of the molecule is O=C(S)N1CCC(c2ccc(Br)cc2)CC1. The van der Waals surface area contributed by atoms with E-state index in [1.165, 1.54) is 5.56 Å². The van der Waals surface area contributed by atoms with Gasteiger partial charge >= 0.3 is 0 Å². The maximum absolute atomic E-state index is 11.1. The third kappa shape index (κ3) is 2.80. The van der Waals surface area contributed by atoms with E-state index in [0.29, 0.717) is 5.92 Å². The fraction of sp³-hybridized carbons (Fsp3) is 0.417. The molecule has 0 bridgehead atoms. The van der Waals surface area contributed by atoms with Gasteiger partial charge in [0.2, 0.25) is 0 Å². The van der Waals surface area contributed by atoms with E-state index < -0.39 is 0 Å². The molecule has 0 saturated carbocycles. The number of amides is 1. The van der Waals surface area contributed by atoms with Crippen LogP contribution in [0, 0.1) is 0 Å². The molecule has 0 aromatic heterocycles. The molecule has 2 rings (SSSR count). The number of likely N-dealkylation sites (tertiary alicyclic amines) is 1. The number of thiol groups is 1. The molecule has 2 nitrogen and oxygen atoms in total. The Morgan fingerprint density at radius 3 is 2.31 bits per heavy atom. The minimum absolute atomic E-state index is 0.103. The van der Waals surface area contributed by atoms with Crippen LogP contribution in [0.2, 0.25) is 0 Å². The molecule has 0 radical (unpaired) electrons. The first kappa shape index (κ1) is 12.0. The van der Waals surface area contributed by atoms with Gasteiger partial charge < -0.3 is 4.90 Å². The van der Waals surface area contributed by atoms with E-state index in [1.54, 1.807) is 4.90 Å². The third-order valence-electron chi connectivity index (χ3n) is 3.11. The molecule has 4 heteroatoms. The second-order valence-electron chi connectivity index (χ2n) is 4.10. The first-order chi connectivity index (χ1) is 7.66. The van der Waals surface area contributed by atoms with Crippen LogP contribution in [0.3, 0.4) is 0 Å². The van der Waals surface area contributed by atoms with Crippen LogP contribution in [0.15, 0.2) is 28.7 Å². The van der Waals surface area contributed by atoms with Crippen molar-refractivity contribution < 1.29 is 4.79 Å². The minimum Gasteiger partial charge on any atom is -0.334 e. The molecule has 1 saturated heterocycles. The largest absolute Gasteiger partial charge is 0.334 e. The number of nitrogens with zero attached hydrogens (tertiary/aromatic N) is 1. The zero-order valence-corrected chi connectivity index (χ0v) is 11.4. The fourth-order valence-electron chi connectivity index (χ4n) is 2.14. The van der Waals surface area contributed by atoms with Crippen LogP contribution >= 0.6 is 28.6 Å². The number of rotatable bonds is 1. The highest BCUT2D eigenvalue weighted by atomic mass is 79.9. The van der Waals surface area contributed by atoms with E-state index in [0.717, 1.165) is 30.4 Å². The van der Waals surface area contributed by atoms with E-state index in [4.69, 9.17) is 0 Å². The van der Waals surface area contributed by atoms with Crippen LogP contribution in [-0.2, 0) is 0 Å². The summed E-state index contributed by atoms with van der Waals surface area (Å²) < 4.78 is 1.11.